The van der Waals surface area contributed by atoms with Gasteiger partial charge in [-0.3, -0.25) is 4.79 Å². The van der Waals surface area contributed by atoms with Crippen molar-refractivity contribution in [3.05, 3.63) is 29.3 Å². The molecule has 0 unspecified atom stereocenters. The van der Waals surface area contributed by atoms with Gasteiger partial charge < -0.3 is 5.11 Å². The van der Waals surface area contributed by atoms with E-state index in [9.17, 15) is 18.3 Å². The van der Waals surface area contributed by atoms with Crippen molar-refractivity contribution in [2.45, 2.75) is 36.0 Å². The summed E-state index contributed by atoms with van der Waals surface area (Å²) < 4.78 is 23.7. The summed E-state index contributed by atoms with van der Waals surface area (Å²) >= 11 is 0. The highest BCUT2D eigenvalue weighted by Crippen LogP contribution is 2.47. The van der Waals surface area contributed by atoms with Crippen molar-refractivity contribution in [1.29, 1.82) is 0 Å². The molecule has 1 saturated carbocycles. The molecule has 0 atom stereocenters. The summed E-state index contributed by atoms with van der Waals surface area (Å²) in [6.45, 7) is 0. The number of carbonyl (C=O) groups is 1. The van der Waals surface area contributed by atoms with Crippen molar-refractivity contribution in [1.82, 2.24) is 0 Å². The highest BCUT2D eigenvalue weighted by Gasteiger charge is 2.48. The van der Waals surface area contributed by atoms with E-state index in [1.165, 1.54) is 0 Å². The molecule has 96 valence electrons. The zero-order valence-corrected chi connectivity index (χ0v) is 10.7. The molecule has 4 nitrogen and oxygen atoms in total. The van der Waals surface area contributed by atoms with Gasteiger partial charge in [-0.2, -0.15) is 0 Å². The van der Waals surface area contributed by atoms with Gasteiger partial charge in [0.1, 0.15) is 0 Å². The zero-order valence-electron chi connectivity index (χ0n) is 9.85. The van der Waals surface area contributed by atoms with Gasteiger partial charge in [0.2, 0.25) is 0 Å². The molecule has 1 N–H and O–H groups in total. The summed E-state index contributed by atoms with van der Waals surface area (Å²) in [6.07, 6.45) is 2.56. The largest absolute Gasteiger partial charge is 0.481 e. The third-order valence-electron chi connectivity index (χ3n) is 4.22. The maximum absolute atomic E-state index is 11.9. The Morgan fingerprint density at radius 1 is 1.28 bits per heavy atom. The first kappa shape index (κ1) is 11.7. The Bertz CT molecular complexity index is 626. The van der Waals surface area contributed by atoms with E-state index < -0.39 is 21.2 Å². The lowest BCUT2D eigenvalue weighted by atomic mass is 9.63. The average Bonchev–Trinajstić information content (AvgIpc) is 2.54. The predicted molar refractivity (Wildman–Crippen MR) is 65.4 cm³/mol. The fourth-order valence-corrected chi connectivity index (χ4v) is 4.60. The smallest absolute Gasteiger partial charge is 0.314 e. The molecule has 0 saturated heterocycles. The van der Waals surface area contributed by atoms with Crippen LogP contribution >= 0.6 is 0 Å². The number of carboxylic acids is 1. The molecular weight excluding hydrogens is 252 g/mol. The molecule has 0 spiro atoms. The Labute approximate surface area is 106 Å². The van der Waals surface area contributed by atoms with Crippen LogP contribution in [0.5, 0.6) is 0 Å². The normalized spacial score (nSPS) is 23.1. The van der Waals surface area contributed by atoms with Gasteiger partial charge in [-0.05, 0) is 36.5 Å². The fraction of sp³-hybridized carbons (Fsp3) is 0.462. The maximum Gasteiger partial charge on any atom is 0.314 e. The van der Waals surface area contributed by atoms with Crippen LogP contribution in [-0.2, 0) is 26.5 Å². The van der Waals surface area contributed by atoms with E-state index in [1.54, 1.807) is 18.2 Å². The van der Waals surface area contributed by atoms with Crippen molar-refractivity contribution in [2.24, 2.45) is 0 Å². The Kier molecular flexibility index (Phi) is 2.32. The maximum atomic E-state index is 11.9. The molecule has 0 aromatic heterocycles. The Morgan fingerprint density at radius 3 is 2.56 bits per heavy atom. The molecule has 2 aliphatic rings. The molecular formula is C13H14O4S. The van der Waals surface area contributed by atoms with Gasteiger partial charge in [0.05, 0.1) is 16.1 Å². The van der Waals surface area contributed by atoms with Crippen LogP contribution in [0.15, 0.2) is 23.1 Å². The summed E-state index contributed by atoms with van der Waals surface area (Å²) in [5.74, 6) is -0.721. The summed E-state index contributed by atoms with van der Waals surface area (Å²) in [7, 11) is -3.19. The first-order chi connectivity index (χ1) is 8.47. The molecule has 1 heterocycles. The van der Waals surface area contributed by atoms with Crippen molar-refractivity contribution >= 4 is 15.8 Å². The molecule has 0 bridgehead atoms. The van der Waals surface area contributed by atoms with Crippen LogP contribution in [0.2, 0.25) is 0 Å². The van der Waals surface area contributed by atoms with Crippen LogP contribution in [0.3, 0.4) is 0 Å². The van der Waals surface area contributed by atoms with Crippen LogP contribution in [0.1, 0.15) is 30.4 Å². The second-order valence-electron chi connectivity index (χ2n) is 5.09. The number of fused-ring (bicyclic) bond motifs is 1. The van der Waals surface area contributed by atoms with E-state index in [1.807, 2.05) is 0 Å². The first-order valence-electron chi connectivity index (χ1n) is 6.06. The molecule has 0 radical (unpaired) electrons. The Hall–Kier alpha value is -1.36. The number of sulfone groups is 1. The van der Waals surface area contributed by atoms with E-state index in [-0.39, 0.29) is 5.75 Å². The van der Waals surface area contributed by atoms with Gasteiger partial charge in [0.25, 0.3) is 0 Å². The quantitative estimate of drug-likeness (QED) is 0.881. The second kappa shape index (κ2) is 3.57. The minimum Gasteiger partial charge on any atom is -0.481 e. The average molecular weight is 266 g/mol. The van der Waals surface area contributed by atoms with Gasteiger partial charge in [-0.1, -0.05) is 18.6 Å². The molecule has 0 amide bonds. The van der Waals surface area contributed by atoms with Gasteiger partial charge in [-0.25, -0.2) is 8.42 Å². The van der Waals surface area contributed by atoms with Crippen LogP contribution in [0, 0.1) is 0 Å². The molecule has 1 aliphatic carbocycles. The third-order valence-corrected chi connectivity index (χ3v) is 6.02. The lowest BCUT2D eigenvalue weighted by Gasteiger charge is -2.39. The molecule has 1 fully saturated rings. The van der Waals surface area contributed by atoms with Gasteiger partial charge in [-0.15, -0.1) is 0 Å². The number of rotatable bonds is 2. The molecule has 1 aromatic rings. The van der Waals surface area contributed by atoms with Gasteiger partial charge in [0, 0.05) is 0 Å². The van der Waals surface area contributed by atoms with Gasteiger partial charge >= 0.3 is 5.97 Å². The van der Waals surface area contributed by atoms with Crippen molar-refractivity contribution in [2.75, 3.05) is 5.75 Å². The van der Waals surface area contributed by atoms with Crippen LogP contribution in [-0.4, -0.2) is 25.2 Å². The minimum atomic E-state index is -3.19. The monoisotopic (exact) mass is 266 g/mol. The van der Waals surface area contributed by atoms with Crippen LogP contribution < -0.4 is 0 Å². The lowest BCUT2D eigenvalue weighted by molar-refractivity contribution is -0.147. The molecule has 5 heteroatoms. The Morgan fingerprint density at radius 2 is 2.00 bits per heavy atom. The van der Waals surface area contributed by atoms with Crippen LogP contribution in [0.4, 0.5) is 0 Å². The van der Waals surface area contributed by atoms with E-state index in [0.29, 0.717) is 24.2 Å². The molecule has 1 aromatic carbocycles. The number of aliphatic carboxylic acids is 1. The second-order valence-corrected chi connectivity index (χ2v) is 7.17. The standard InChI is InChI=1S/C13H14O4S/c14-12(15)13(6-2-7-13)10-3-1-4-11-9(10)5-8-18(11,16)17/h1,3-4H,2,5-8H2,(H,14,15). The number of hydrogen-bond donors (Lipinski definition) is 1. The number of hydrogen-bond acceptors (Lipinski definition) is 3. The van der Waals surface area contributed by atoms with Crippen molar-refractivity contribution in [3.8, 4) is 0 Å². The fourth-order valence-electron chi connectivity index (χ4n) is 3.04. The molecule has 18 heavy (non-hydrogen) atoms. The lowest BCUT2D eigenvalue weighted by Crippen LogP contribution is -2.43. The van der Waals surface area contributed by atoms with Crippen LogP contribution in [0.25, 0.3) is 0 Å². The summed E-state index contributed by atoms with van der Waals surface area (Å²) in [4.78, 5) is 11.9. The van der Waals surface area contributed by atoms with E-state index in [2.05, 4.69) is 0 Å². The first-order valence-corrected chi connectivity index (χ1v) is 7.71. The van der Waals surface area contributed by atoms with Crippen molar-refractivity contribution in [3.63, 3.8) is 0 Å². The van der Waals surface area contributed by atoms with E-state index in [4.69, 9.17) is 0 Å². The third kappa shape index (κ3) is 1.37. The molecule has 3 rings (SSSR count). The zero-order chi connectivity index (χ0) is 13.0. The van der Waals surface area contributed by atoms with E-state index >= 15 is 0 Å². The number of carboxylic acid groups (broad SMARTS) is 1. The van der Waals surface area contributed by atoms with Gasteiger partial charge in [0.15, 0.2) is 9.84 Å². The van der Waals surface area contributed by atoms with E-state index in [0.717, 1.165) is 17.5 Å². The van der Waals surface area contributed by atoms with Crippen molar-refractivity contribution < 1.29 is 18.3 Å². The minimum absolute atomic E-state index is 0.106. The molecule has 1 aliphatic heterocycles. The topological polar surface area (TPSA) is 71.4 Å². The predicted octanol–water partition coefficient (Wildman–Crippen LogP) is 1.52. The highest BCUT2D eigenvalue weighted by molar-refractivity contribution is 7.91. The Balaban J connectivity index is 2.22. The highest BCUT2D eigenvalue weighted by atomic mass is 32.2. The summed E-state index contributed by atoms with van der Waals surface area (Å²) in [5, 5.41) is 9.45. The number of benzene rings is 1. The summed E-state index contributed by atoms with van der Waals surface area (Å²) in [5.41, 5.74) is 0.616. The summed E-state index contributed by atoms with van der Waals surface area (Å²) in [6, 6.07) is 5.04. The SMILES string of the molecule is O=C(O)C1(c2cccc3c2CCS3(=O)=O)CCC1.